The highest BCUT2D eigenvalue weighted by atomic mass is 32.1. The normalized spacial score (nSPS) is 10.3. The molecule has 0 radical (unpaired) electrons. The molecule has 0 saturated heterocycles. The van der Waals surface area contributed by atoms with Gasteiger partial charge >= 0.3 is 6.03 Å². The number of thiophene rings is 1. The largest absolute Gasteiger partial charge is 0.365 e. The topological polar surface area (TPSA) is 98.2 Å². The lowest BCUT2D eigenvalue weighted by Gasteiger charge is -2.01. The van der Waals surface area contributed by atoms with Crippen molar-refractivity contribution in [1.82, 2.24) is 0 Å². The van der Waals surface area contributed by atoms with Crippen molar-refractivity contribution < 1.29 is 14.0 Å². The molecular weight excluding hydrogens is 281 g/mol. The van der Waals surface area contributed by atoms with Crippen molar-refractivity contribution in [2.75, 3.05) is 5.32 Å². The second-order valence-electron chi connectivity index (χ2n) is 4.12. The second-order valence-corrected chi connectivity index (χ2v) is 5.14. The summed E-state index contributed by atoms with van der Waals surface area (Å²) in [5.41, 5.74) is 12.0. The molecule has 5 nitrogen and oxygen atoms in total. The quantitative estimate of drug-likeness (QED) is 0.810. The number of hydrogen-bond donors (Lipinski definition) is 3. The van der Waals surface area contributed by atoms with E-state index in [0.717, 1.165) is 10.4 Å². The maximum atomic E-state index is 12.9. The fourth-order valence-corrected chi connectivity index (χ4v) is 3.11. The van der Waals surface area contributed by atoms with Gasteiger partial charge in [-0.05, 0) is 30.2 Å². The van der Waals surface area contributed by atoms with E-state index in [1.807, 2.05) is 0 Å². The molecule has 104 valence electrons. The van der Waals surface area contributed by atoms with E-state index in [2.05, 4.69) is 5.32 Å². The number of carbonyl (C=O) groups excluding carboxylic acids is 2. The van der Waals surface area contributed by atoms with Crippen molar-refractivity contribution in [1.29, 1.82) is 0 Å². The van der Waals surface area contributed by atoms with Crippen molar-refractivity contribution in [3.05, 3.63) is 41.2 Å². The summed E-state index contributed by atoms with van der Waals surface area (Å²) in [6.07, 6.45) is 0. The van der Waals surface area contributed by atoms with Gasteiger partial charge in [-0.1, -0.05) is 12.1 Å². The van der Waals surface area contributed by atoms with Crippen LogP contribution in [0.4, 0.5) is 14.2 Å². The van der Waals surface area contributed by atoms with E-state index in [4.69, 9.17) is 11.5 Å². The number of amides is 3. The minimum atomic E-state index is -0.778. The van der Waals surface area contributed by atoms with E-state index >= 15 is 0 Å². The first-order valence-electron chi connectivity index (χ1n) is 5.65. The zero-order valence-corrected chi connectivity index (χ0v) is 11.4. The Morgan fingerprint density at radius 3 is 2.30 bits per heavy atom. The van der Waals surface area contributed by atoms with Crippen LogP contribution in [0.15, 0.2) is 24.3 Å². The average molecular weight is 293 g/mol. The third kappa shape index (κ3) is 2.62. The fourth-order valence-electron chi connectivity index (χ4n) is 1.89. The van der Waals surface area contributed by atoms with Gasteiger partial charge in [-0.25, -0.2) is 9.18 Å². The standard InChI is InChI=1S/C13H12FN3O2S/c1-6-9(11(15)18)12(17-13(16)19)20-10(6)7-2-4-8(14)5-3-7/h2-5H,1H3,(H2,15,18)(H3,16,17,19). The van der Waals surface area contributed by atoms with Gasteiger partial charge in [0.1, 0.15) is 10.8 Å². The third-order valence-corrected chi connectivity index (χ3v) is 3.99. The minimum Gasteiger partial charge on any atom is -0.365 e. The molecule has 20 heavy (non-hydrogen) atoms. The van der Waals surface area contributed by atoms with Gasteiger partial charge in [0.25, 0.3) is 5.91 Å². The molecule has 0 unspecified atom stereocenters. The van der Waals surface area contributed by atoms with Crippen LogP contribution >= 0.6 is 11.3 Å². The van der Waals surface area contributed by atoms with Gasteiger partial charge < -0.3 is 11.5 Å². The zero-order valence-electron chi connectivity index (χ0n) is 10.6. The maximum Gasteiger partial charge on any atom is 0.317 e. The molecule has 0 aliphatic carbocycles. The molecular formula is C13H12FN3O2S. The minimum absolute atomic E-state index is 0.216. The van der Waals surface area contributed by atoms with Crippen LogP contribution in [-0.2, 0) is 0 Å². The Labute approximate surface area is 118 Å². The third-order valence-electron chi connectivity index (χ3n) is 2.74. The van der Waals surface area contributed by atoms with Gasteiger partial charge in [0.2, 0.25) is 0 Å². The molecule has 0 saturated carbocycles. The molecule has 1 heterocycles. The van der Waals surface area contributed by atoms with Crippen LogP contribution in [0.5, 0.6) is 0 Å². The summed E-state index contributed by atoms with van der Waals surface area (Å²) >= 11 is 1.17. The van der Waals surface area contributed by atoms with Crippen LogP contribution in [0.2, 0.25) is 0 Å². The van der Waals surface area contributed by atoms with E-state index < -0.39 is 11.9 Å². The molecule has 0 spiro atoms. The molecule has 5 N–H and O–H groups in total. The first-order valence-corrected chi connectivity index (χ1v) is 6.47. The van der Waals surface area contributed by atoms with Crippen LogP contribution in [0.1, 0.15) is 15.9 Å². The number of carbonyl (C=O) groups is 2. The molecule has 2 rings (SSSR count). The molecule has 1 aromatic carbocycles. The van der Waals surface area contributed by atoms with Gasteiger partial charge in [0.15, 0.2) is 0 Å². The number of urea groups is 1. The van der Waals surface area contributed by atoms with E-state index in [-0.39, 0.29) is 11.4 Å². The Morgan fingerprint density at radius 2 is 1.80 bits per heavy atom. The Bertz CT molecular complexity index is 680. The average Bonchev–Trinajstić information content (AvgIpc) is 2.66. The van der Waals surface area contributed by atoms with Crippen molar-refractivity contribution in [3.63, 3.8) is 0 Å². The van der Waals surface area contributed by atoms with Gasteiger partial charge in [-0.3, -0.25) is 10.1 Å². The summed E-state index contributed by atoms with van der Waals surface area (Å²) in [6.45, 7) is 1.71. The monoisotopic (exact) mass is 293 g/mol. The van der Waals surface area contributed by atoms with Crippen molar-refractivity contribution >= 4 is 28.3 Å². The number of halogens is 1. The number of anilines is 1. The zero-order chi connectivity index (χ0) is 14.9. The molecule has 3 amide bonds. The molecule has 2 aromatic rings. The number of nitrogens with one attached hydrogen (secondary N) is 1. The summed E-state index contributed by atoms with van der Waals surface area (Å²) in [5.74, 6) is -1.01. The smallest absolute Gasteiger partial charge is 0.317 e. The Morgan fingerprint density at radius 1 is 1.20 bits per heavy atom. The summed E-state index contributed by atoms with van der Waals surface area (Å²) in [6, 6.07) is 5.04. The lowest BCUT2D eigenvalue weighted by Crippen LogP contribution is -2.21. The Hall–Kier alpha value is -2.41. The number of hydrogen-bond acceptors (Lipinski definition) is 3. The van der Waals surface area contributed by atoms with Gasteiger partial charge in [0.05, 0.1) is 5.56 Å². The molecule has 0 bridgehead atoms. The second kappa shape index (κ2) is 5.30. The van der Waals surface area contributed by atoms with E-state index in [1.54, 1.807) is 19.1 Å². The molecule has 1 aromatic heterocycles. The van der Waals surface area contributed by atoms with Crippen LogP contribution in [-0.4, -0.2) is 11.9 Å². The van der Waals surface area contributed by atoms with Crippen LogP contribution in [0, 0.1) is 12.7 Å². The Kier molecular flexibility index (Phi) is 3.71. The van der Waals surface area contributed by atoms with Gasteiger partial charge in [-0.15, -0.1) is 11.3 Å². The molecule has 7 heteroatoms. The number of rotatable bonds is 3. The van der Waals surface area contributed by atoms with Crippen LogP contribution in [0.25, 0.3) is 10.4 Å². The van der Waals surface area contributed by atoms with Gasteiger partial charge in [0, 0.05) is 4.88 Å². The first-order chi connectivity index (χ1) is 9.40. The fraction of sp³-hybridized carbons (Fsp3) is 0.0769. The van der Waals surface area contributed by atoms with Crippen molar-refractivity contribution in [3.8, 4) is 10.4 Å². The number of benzene rings is 1. The molecule has 0 aliphatic heterocycles. The predicted molar refractivity (Wildman–Crippen MR) is 76.2 cm³/mol. The van der Waals surface area contributed by atoms with Crippen LogP contribution in [0.3, 0.4) is 0 Å². The molecule has 0 aliphatic rings. The van der Waals surface area contributed by atoms with Crippen molar-refractivity contribution in [2.24, 2.45) is 11.5 Å². The maximum absolute atomic E-state index is 12.9. The highest BCUT2D eigenvalue weighted by molar-refractivity contribution is 7.20. The van der Waals surface area contributed by atoms with E-state index in [0.29, 0.717) is 10.6 Å². The van der Waals surface area contributed by atoms with Gasteiger partial charge in [-0.2, -0.15) is 0 Å². The summed E-state index contributed by atoms with van der Waals surface area (Å²) in [7, 11) is 0. The highest BCUT2D eigenvalue weighted by Gasteiger charge is 2.20. The summed E-state index contributed by atoms with van der Waals surface area (Å²) in [5, 5.41) is 2.67. The van der Waals surface area contributed by atoms with E-state index in [9.17, 15) is 14.0 Å². The van der Waals surface area contributed by atoms with Crippen LogP contribution < -0.4 is 16.8 Å². The highest BCUT2D eigenvalue weighted by Crippen LogP contribution is 2.39. The van der Waals surface area contributed by atoms with Crippen molar-refractivity contribution in [2.45, 2.75) is 6.92 Å². The lowest BCUT2D eigenvalue weighted by atomic mass is 10.1. The number of primary amides is 2. The number of nitrogens with two attached hydrogens (primary N) is 2. The first kappa shape index (κ1) is 14.0. The molecule has 0 fully saturated rings. The lowest BCUT2D eigenvalue weighted by molar-refractivity contribution is 0.100. The molecule has 0 atom stereocenters. The predicted octanol–water partition coefficient (Wildman–Crippen LogP) is 2.45. The Balaban J connectivity index is 2.57. The summed E-state index contributed by atoms with van der Waals surface area (Å²) < 4.78 is 12.9. The summed E-state index contributed by atoms with van der Waals surface area (Å²) in [4.78, 5) is 23.2. The SMILES string of the molecule is Cc1c(-c2ccc(F)cc2)sc(NC(N)=O)c1C(N)=O. The van der Waals surface area contributed by atoms with E-state index in [1.165, 1.54) is 23.5 Å².